The van der Waals surface area contributed by atoms with Crippen molar-refractivity contribution in [1.29, 1.82) is 0 Å². The van der Waals surface area contributed by atoms with Crippen LogP contribution in [0.3, 0.4) is 0 Å². The molecular weight excluding hydrogens is 330 g/mol. The number of nitro groups is 1. The number of methoxy groups -OCH3 is 2. The number of carbonyl (C=O) groups is 3. The Morgan fingerprint density at radius 3 is 2.08 bits per heavy atom. The molecule has 0 radical (unpaired) electrons. The van der Waals surface area contributed by atoms with Crippen molar-refractivity contribution in [2.45, 2.75) is 0 Å². The summed E-state index contributed by atoms with van der Waals surface area (Å²) in [7, 11) is 2.30. The third kappa shape index (κ3) is 3.69. The second-order valence-electron chi connectivity index (χ2n) is 4.88. The number of esters is 2. The molecule has 0 N–H and O–H groups in total. The summed E-state index contributed by atoms with van der Waals surface area (Å²) in [6, 6.07) is 8.99. The zero-order valence-electron chi connectivity index (χ0n) is 13.3. The fraction of sp³-hybridized carbons (Fsp3) is 0.118. The quantitative estimate of drug-likeness (QED) is 0.354. The van der Waals surface area contributed by atoms with Crippen LogP contribution in [-0.4, -0.2) is 36.9 Å². The highest BCUT2D eigenvalue weighted by molar-refractivity contribution is 6.12. The zero-order valence-corrected chi connectivity index (χ0v) is 13.3. The van der Waals surface area contributed by atoms with Gasteiger partial charge >= 0.3 is 11.9 Å². The average Bonchev–Trinajstić information content (AvgIpc) is 2.65. The molecule has 0 saturated carbocycles. The number of non-ortho nitro benzene ring substituents is 1. The summed E-state index contributed by atoms with van der Waals surface area (Å²) in [5.74, 6) is -2.10. The van der Waals surface area contributed by atoms with Gasteiger partial charge in [-0.3, -0.25) is 14.9 Å². The highest BCUT2D eigenvalue weighted by atomic mass is 16.6. The molecule has 0 fully saturated rings. The van der Waals surface area contributed by atoms with Crippen molar-refractivity contribution < 1.29 is 28.8 Å². The lowest BCUT2D eigenvalue weighted by atomic mass is 9.98. The lowest BCUT2D eigenvalue weighted by molar-refractivity contribution is -0.384. The number of hydrogen-bond donors (Lipinski definition) is 0. The van der Waals surface area contributed by atoms with E-state index in [2.05, 4.69) is 9.47 Å². The molecule has 0 aliphatic rings. The van der Waals surface area contributed by atoms with Gasteiger partial charge in [0.15, 0.2) is 5.78 Å². The number of nitro benzene ring substituents is 1. The number of hydrogen-bond acceptors (Lipinski definition) is 7. The normalized spacial score (nSPS) is 10.0. The molecule has 0 bridgehead atoms. The molecular formula is C17H13NO7. The summed E-state index contributed by atoms with van der Waals surface area (Å²) in [6.45, 7) is 0. The Morgan fingerprint density at radius 2 is 1.48 bits per heavy atom. The molecule has 2 aromatic carbocycles. The van der Waals surface area contributed by atoms with E-state index in [1.165, 1.54) is 36.4 Å². The predicted octanol–water partition coefficient (Wildman–Crippen LogP) is 2.40. The molecule has 0 aliphatic heterocycles. The molecule has 8 nitrogen and oxygen atoms in total. The third-order valence-corrected chi connectivity index (χ3v) is 3.41. The Balaban J connectivity index is 2.50. The fourth-order valence-corrected chi connectivity index (χ4v) is 2.18. The third-order valence-electron chi connectivity index (χ3n) is 3.41. The lowest BCUT2D eigenvalue weighted by Crippen LogP contribution is -2.13. The smallest absolute Gasteiger partial charge is 0.338 e. The van der Waals surface area contributed by atoms with Gasteiger partial charge in [-0.15, -0.1) is 0 Å². The maximum Gasteiger partial charge on any atom is 0.338 e. The number of benzene rings is 2. The van der Waals surface area contributed by atoms with Crippen LogP contribution in [-0.2, 0) is 9.47 Å². The van der Waals surface area contributed by atoms with Gasteiger partial charge in [-0.2, -0.15) is 0 Å². The standard InChI is InChI=1S/C17H13NO7/c1-24-16(20)13-7-6-11(9-14(13)17(21)25-2)15(19)10-4-3-5-12(8-10)18(22)23/h3-9H,1-2H3. The van der Waals surface area contributed by atoms with E-state index in [1.54, 1.807) is 0 Å². The molecule has 8 heteroatoms. The van der Waals surface area contributed by atoms with E-state index in [0.29, 0.717) is 0 Å². The largest absolute Gasteiger partial charge is 0.465 e. The lowest BCUT2D eigenvalue weighted by Gasteiger charge is -2.08. The second-order valence-corrected chi connectivity index (χ2v) is 4.88. The second kappa shape index (κ2) is 7.35. The van der Waals surface area contributed by atoms with E-state index in [9.17, 15) is 24.5 Å². The van der Waals surface area contributed by atoms with Crippen LogP contribution in [0.4, 0.5) is 5.69 Å². The summed E-state index contributed by atoms with van der Waals surface area (Å²) in [5, 5.41) is 10.8. The zero-order chi connectivity index (χ0) is 18.6. The minimum absolute atomic E-state index is 0.0510. The first kappa shape index (κ1) is 17.8. The fourth-order valence-electron chi connectivity index (χ4n) is 2.18. The van der Waals surface area contributed by atoms with Crippen LogP contribution in [0.5, 0.6) is 0 Å². The van der Waals surface area contributed by atoms with Crippen molar-refractivity contribution in [3.8, 4) is 0 Å². The van der Waals surface area contributed by atoms with E-state index < -0.39 is 22.6 Å². The van der Waals surface area contributed by atoms with Crippen LogP contribution in [0.25, 0.3) is 0 Å². The number of ether oxygens (including phenoxy) is 2. The summed E-state index contributed by atoms with van der Waals surface area (Å²) >= 11 is 0. The van der Waals surface area contributed by atoms with Crippen molar-refractivity contribution in [2.75, 3.05) is 14.2 Å². The molecule has 0 unspecified atom stereocenters. The van der Waals surface area contributed by atoms with Crippen LogP contribution in [0.1, 0.15) is 36.6 Å². The summed E-state index contributed by atoms with van der Waals surface area (Å²) in [6.07, 6.45) is 0. The van der Waals surface area contributed by atoms with Gasteiger partial charge in [0.2, 0.25) is 0 Å². The Hall–Kier alpha value is -3.55. The summed E-state index contributed by atoms with van der Waals surface area (Å²) < 4.78 is 9.21. The van der Waals surface area contributed by atoms with Crippen LogP contribution < -0.4 is 0 Å². The molecule has 0 saturated heterocycles. The van der Waals surface area contributed by atoms with Gasteiger partial charge in [0.05, 0.1) is 30.3 Å². The molecule has 2 aromatic rings. The first-order valence-corrected chi connectivity index (χ1v) is 6.99. The number of carbonyl (C=O) groups excluding carboxylic acids is 3. The maximum atomic E-state index is 12.5. The van der Waals surface area contributed by atoms with Crippen LogP contribution in [0, 0.1) is 10.1 Å². The van der Waals surface area contributed by atoms with E-state index in [4.69, 9.17) is 0 Å². The van der Waals surface area contributed by atoms with Crippen molar-refractivity contribution >= 4 is 23.4 Å². The molecule has 0 aromatic heterocycles. The van der Waals surface area contributed by atoms with Gasteiger partial charge in [0.25, 0.3) is 5.69 Å². The Morgan fingerprint density at radius 1 is 0.880 bits per heavy atom. The van der Waals surface area contributed by atoms with Gasteiger partial charge in [0, 0.05) is 23.3 Å². The maximum absolute atomic E-state index is 12.5. The first-order valence-electron chi connectivity index (χ1n) is 6.99. The van der Waals surface area contributed by atoms with Crippen molar-refractivity contribution in [3.63, 3.8) is 0 Å². The Bertz CT molecular complexity index is 873. The molecule has 0 atom stereocenters. The van der Waals surface area contributed by atoms with Gasteiger partial charge < -0.3 is 9.47 Å². The summed E-state index contributed by atoms with van der Waals surface area (Å²) in [5.41, 5.74) is -0.259. The van der Waals surface area contributed by atoms with Crippen LogP contribution in [0.2, 0.25) is 0 Å². The molecule has 0 amide bonds. The van der Waals surface area contributed by atoms with Gasteiger partial charge in [-0.25, -0.2) is 9.59 Å². The Kier molecular flexibility index (Phi) is 5.23. The minimum Gasteiger partial charge on any atom is -0.465 e. The van der Waals surface area contributed by atoms with Gasteiger partial charge in [-0.1, -0.05) is 18.2 Å². The number of rotatable bonds is 5. The predicted molar refractivity (Wildman–Crippen MR) is 85.6 cm³/mol. The molecule has 25 heavy (non-hydrogen) atoms. The average molecular weight is 343 g/mol. The molecule has 0 aliphatic carbocycles. The highest BCUT2D eigenvalue weighted by Gasteiger charge is 2.21. The number of nitrogens with zero attached hydrogens (tertiary/aromatic N) is 1. The molecule has 2 rings (SSSR count). The van der Waals surface area contributed by atoms with Crippen LogP contribution >= 0.6 is 0 Å². The summed E-state index contributed by atoms with van der Waals surface area (Å²) in [4.78, 5) is 46.4. The first-order chi connectivity index (χ1) is 11.9. The monoisotopic (exact) mass is 343 g/mol. The van der Waals surface area contributed by atoms with E-state index in [0.717, 1.165) is 20.3 Å². The van der Waals surface area contributed by atoms with Crippen molar-refractivity contribution in [1.82, 2.24) is 0 Å². The molecule has 0 spiro atoms. The van der Waals surface area contributed by atoms with Crippen molar-refractivity contribution in [2.24, 2.45) is 0 Å². The minimum atomic E-state index is -0.811. The van der Waals surface area contributed by atoms with Crippen LogP contribution in [0.15, 0.2) is 42.5 Å². The number of ketones is 1. The Labute approximate surface area is 142 Å². The van der Waals surface area contributed by atoms with E-state index in [-0.39, 0.29) is 27.9 Å². The van der Waals surface area contributed by atoms with Crippen molar-refractivity contribution in [3.05, 3.63) is 74.8 Å². The van der Waals surface area contributed by atoms with E-state index in [1.807, 2.05) is 0 Å². The topological polar surface area (TPSA) is 113 Å². The van der Waals surface area contributed by atoms with E-state index >= 15 is 0 Å². The molecule has 0 heterocycles. The van der Waals surface area contributed by atoms with Gasteiger partial charge in [-0.05, 0) is 12.1 Å². The molecule has 128 valence electrons. The van der Waals surface area contributed by atoms with Gasteiger partial charge in [0.1, 0.15) is 0 Å². The SMILES string of the molecule is COC(=O)c1ccc(C(=O)c2cccc([N+](=O)[O-])c2)cc1C(=O)OC. The highest BCUT2D eigenvalue weighted by Crippen LogP contribution is 2.20.